The van der Waals surface area contributed by atoms with E-state index >= 15 is 0 Å². The van der Waals surface area contributed by atoms with Crippen molar-refractivity contribution in [2.24, 2.45) is 16.0 Å². The molecule has 2 heterocycles. The van der Waals surface area contributed by atoms with E-state index in [1.54, 1.807) is 7.11 Å². The first-order valence-electron chi connectivity index (χ1n) is 17.4. The maximum Gasteiger partial charge on any atom is 0.289 e. The Bertz CT molecular complexity index is 1480. The quantitative estimate of drug-likeness (QED) is 0.283. The highest BCUT2D eigenvalue weighted by atomic mass is 16.7. The molecule has 4 atom stereocenters. The number of methoxy groups -OCH3 is 1. The molecule has 3 N–H and O–H groups in total. The van der Waals surface area contributed by atoms with Crippen molar-refractivity contribution in [3.63, 3.8) is 0 Å². The number of likely N-dealkylation sites (tertiary alicyclic amines) is 1. The van der Waals surface area contributed by atoms with Crippen LogP contribution in [0, 0.1) is 24.7 Å². The summed E-state index contributed by atoms with van der Waals surface area (Å²) < 4.78 is 5.53. The molecule has 1 aromatic rings. The molecule has 12 nitrogen and oxygen atoms in total. The average Bonchev–Trinajstić information content (AvgIpc) is 3.58. The van der Waals surface area contributed by atoms with Gasteiger partial charge in [0.25, 0.3) is 5.91 Å². The number of nitrogens with zero attached hydrogens (tertiary/aromatic N) is 2. The van der Waals surface area contributed by atoms with Crippen molar-refractivity contribution in [2.75, 3.05) is 13.7 Å². The Morgan fingerprint density at radius 3 is 2.20 bits per heavy atom. The third kappa shape index (κ3) is 9.19. The number of carbonyl (C=O) groups excluding carboxylic acids is 5. The second-order valence-electron chi connectivity index (χ2n) is 16.4. The first-order chi connectivity index (χ1) is 22.8. The molecule has 12 heteroatoms. The van der Waals surface area contributed by atoms with E-state index in [9.17, 15) is 24.0 Å². The molecule has 1 saturated heterocycles. The van der Waals surface area contributed by atoms with Crippen molar-refractivity contribution < 1.29 is 33.5 Å². The zero-order chi connectivity index (χ0) is 36.5. The van der Waals surface area contributed by atoms with Crippen molar-refractivity contribution in [3.05, 3.63) is 28.8 Å². The van der Waals surface area contributed by atoms with Crippen LogP contribution in [-0.2, 0) is 28.8 Å². The smallest absolute Gasteiger partial charge is 0.289 e. The minimum atomic E-state index is -1.05. The van der Waals surface area contributed by atoms with Gasteiger partial charge >= 0.3 is 0 Å². The number of hydrogen-bond donors (Lipinski definition) is 3. The van der Waals surface area contributed by atoms with Crippen molar-refractivity contribution >= 4 is 35.1 Å². The van der Waals surface area contributed by atoms with Crippen LogP contribution in [0.15, 0.2) is 17.3 Å². The molecule has 1 aromatic carbocycles. The number of rotatable bonds is 12. The number of amides is 4. The number of carbonyl (C=O) groups is 5. The Labute approximate surface area is 290 Å². The monoisotopic (exact) mass is 681 g/mol. The number of ketones is 1. The van der Waals surface area contributed by atoms with E-state index in [4.69, 9.17) is 9.57 Å². The summed E-state index contributed by atoms with van der Waals surface area (Å²) in [7, 11) is 1.63. The fourth-order valence-corrected chi connectivity index (χ4v) is 6.70. The molecule has 49 heavy (non-hydrogen) atoms. The van der Waals surface area contributed by atoms with Gasteiger partial charge in [0.2, 0.25) is 23.5 Å². The highest BCUT2D eigenvalue weighted by Crippen LogP contribution is 2.41. The van der Waals surface area contributed by atoms with Gasteiger partial charge in [0.05, 0.1) is 25.4 Å². The third-order valence-corrected chi connectivity index (χ3v) is 9.28. The molecule has 2 aliphatic heterocycles. The van der Waals surface area contributed by atoms with E-state index in [0.29, 0.717) is 18.6 Å². The minimum Gasteiger partial charge on any atom is -0.496 e. The number of oxime groups is 1. The van der Waals surface area contributed by atoms with E-state index in [0.717, 1.165) is 35.3 Å². The Morgan fingerprint density at radius 1 is 1.04 bits per heavy atom. The van der Waals surface area contributed by atoms with Gasteiger partial charge in [-0.3, -0.25) is 24.0 Å². The van der Waals surface area contributed by atoms with E-state index in [2.05, 4.69) is 21.1 Å². The molecule has 1 saturated carbocycles. The lowest BCUT2D eigenvalue weighted by Gasteiger charge is -2.36. The Balaban J connectivity index is 1.64. The molecule has 2 fully saturated rings. The second-order valence-corrected chi connectivity index (χ2v) is 16.4. The van der Waals surface area contributed by atoms with Crippen molar-refractivity contribution in [1.82, 2.24) is 20.9 Å². The van der Waals surface area contributed by atoms with Gasteiger partial charge in [-0.25, -0.2) is 0 Å². The lowest BCUT2D eigenvalue weighted by Crippen LogP contribution is -2.59. The summed E-state index contributed by atoms with van der Waals surface area (Å²) in [5, 5.41) is 12.9. The fourth-order valence-electron chi connectivity index (χ4n) is 6.70. The molecular formula is C37H55N5O7. The zero-order valence-electron chi connectivity index (χ0n) is 30.9. The minimum absolute atomic E-state index is 0.00737. The van der Waals surface area contributed by atoms with Gasteiger partial charge in [-0.2, -0.15) is 0 Å². The van der Waals surface area contributed by atoms with Crippen molar-refractivity contribution in [1.29, 1.82) is 0 Å². The summed E-state index contributed by atoms with van der Waals surface area (Å²) in [6.07, 6.45) is 3.13. The van der Waals surface area contributed by atoms with Gasteiger partial charge in [0, 0.05) is 30.9 Å². The van der Waals surface area contributed by atoms with Crippen LogP contribution < -0.4 is 20.7 Å². The molecule has 4 amide bonds. The van der Waals surface area contributed by atoms with Crippen LogP contribution in [-0.4, -0.2) is 83.4 Å². The summed E-state index contributed by atoms with van der Waals surface area (Å²) in [6, 6.07) is 0.915. The predicted octanol–water partition coefficient (Wildman–Crippen LogP) is 3.88. The summed E-state index contributed by atoms with van der Waals surface area (Å²) in [5.41, 5.74) is 1.42. The van der Waals surface area contributed by atoms with Crippen LogP contribution in [0.4, 0.5) is 0 Å². The zero-order valence-corrected chi connectivity index (χ0v) is 30.9. The second kappa shape index (κ2) is 14.5. The van der Waals surface area contributed by atoms with Crippen molar-refractivity contribution in [3.8, 4) is 5.75 Å². The number of hydrogen-bond acceptors (Lipinski definition) is 8. The number of nitrogens with one attached hydrogen (secondary N) is 3. The van der Waals surface area contributed by atoms with Crippen LogP contribution in [0.25, 0.3) is 0 Å². The van der Waals surface area contributed by atoms with Crippen LogP contribution in [0.1, 0.15) is 110 Å². The van der Waals surface area contributed by atoms with E-state index in [1.807, 2.05) is 74.4 Å². The molecular weight excluding hydrogens is 626 g/mol. The van der Waals surface area contributed by atoms with Crippen LogP contribution >= 0.6 is 0 Å². The predicted molar refractivity (Wildman–Crippen MR) is 186 cm³/mol. The maximum absolute atomic E-state index is 14.5. The molecule has 1 aliphatic carbocycles. The number of benzene rings is 1. The van der Waals surface area contributed by atoms with Crippen LogP contribution in [0.3, 0.4) is 0 Å². The van der Waals surface area contributed by atoms with Gasteiger partial charge < -0.3 is 30.4 Å². The maximum atomic E-state index is 14.5. The summed E-state index contributed by atoms with van der Waals surface area (Å²) in [6.45, 7) is 17.3. The molecule has 270 valence electrons. The Kier molecular flexibility index (Phi) is 11.2. The van der Waals surface area contributed by atoms with E-state index < -0.39 is 52.6 Å². The Morgan fingerprint density at radius 2 is 1.67 bits per heavy atom. The molecule has 0 unspecified atom stereocenters. The molecule has 1 spiro atoms. The normalized spacial score (nSPS) is 21.8. The lowest BCUT2D eigenvalue weighted by molar-refractivity contribution is -0.145. The Hall–Kier alpha value is -3.96. The standard InChI is InChI=1S/C37H55N5O7/c1-11-12-25(29(44)33(46)38-24-13-14-24)39-32(45)27-18-37(17-26(41-49-37)23-15-21(2)30(48-10)22(3)16-23)20-42(27)34(47)31(36(7,8)9)40-28(43)19-35(4,5)6/h15-16,24-25,27,31H,11-14,17-20H2,1-10H3,(H,38,46)(H,39,45)(H,40,43)/t25-,27-,31+,37+/m0/s1. The van der Waals surface area contributed by atoms with Crippen molar-refractivity contribution in [2.45, 2.75) is 137 Å². The van der Waals surface area contributed by atoms with Gasteiger partial charge in [0.1, 0.15) is 17.8 Å². The molecule has 0 radical (unpaired) electrons. The van der Waals surface area contributed by atoms with E-state index in [-0.39, 0.29) is 43.2 Å². The van der Waals surface area contributed by atoms with E-state index in [1.165, 1.54) is 4.90 Å². The highest BCUT2D eigenvalue weighted by molar-refractivity contribution is 6.38. The highest BCUT2D eigenvalue weighted by Gasteiger charge is 2.55. The summed E-state index contributed by atoms with van der Waals surface area (Å²) in [4.78, 5) is 75.3. The SMILES string of the molecule is CCC[C@H](NC(=O)[C@@H]1C[C@]2(CC(c3cc(C)c(OC)c(C)c3)=NO2)CN1C(=O)[C@@H](NC(=O)CC(C)(C)C)C(C)(C)C)C(=O)C(=O)NC1CC1. The van der Waals surface area contributed by atoms with Gasteiger partial charge in [-0.05, 0) is 67.2 Å². The molecule has 3 aliphatic rings. The van der Waals surface area contributed by atoms with Crippen LogP contribution in [0.2, 0.25) is 0 Å². The number of Topliss-reactive ketones (excluding diaryl/α,β-unsaturated/α-hetero) is 1. The summed E-state index contributed by atoms with van der Waals surface area (Å²) >= 11 is 0. The first kappa shape index (κ1) is 37.9. The molecule has 4 rings (SSSR count). The van der Waals surface area contributed by atoms with Gasteiger partial charge in [0.15, 0.2) is 5.60 Å². The third-order valence-electron chi connectivity index (χ3n) is 9.28. The largest absolute Gasteiger partial charge is 0.496 e. The number of aryl methyl sites for hydroxylation is 2. The molecule has 0 aromatic heterocycles. The number of ether oxygens (including phenoxy) is 1. The van der Waals surface area contributed by atoms with Gasteiger partial charge in [-0.15, -0.1) is 0 Å². The average molecular weight is 682 g/mol. The topological polar surface area (TPSA) is 156 Å². The summed E-state index contributed by atoms with van der Waals surface area (Å²) in [5.74, 6) is -1.88. The van der Waals surface area contributed by atoms with Crippen LogP contribution in [0.5, 0.6) is 5.75 Å². The fraction of sp³-hybridized carbons (Fsp3) is 0.676. The molecule has 0 bridgehead atoms. The van der Waals surface area contributed by atoms with Gasteiger partial charge in [-0.1, -0.05) is 60.0 Å². The first-order valence-corrected chi connectivity index (χ1v) is 17.4. The lowest BCUT2D eigenvalue weighted by atomic mass is 9.84.